The van der Waals surface area contributed by atoms with Gasteiger partial charge < -0.3 is 10.1 Å². The summed E-state index contributed by atoms with van der Waals surface area (Å²) in [6.45, 7) is 0.0756. The lowest BCUT2D eigenvalue weighted by molar-refractivity contribution is -0.137. The van der Waals surface area contributed by atoms with Crippen LogP contribution < -0.4 is 0 Å². The van der Waals surface area contributed by atoms with E-state index in [9.17, 15) is 9.18 Å². The maximum Gasteiger partial charge on any atom is 0.330 e. The largest absolute Gasteiger partial charge is 0.461 e. The highest BCUT2D eigenvalue weighted by Crippen LogP contribution is 2.10. The average Bonchev–Trinajstić information content (AvgIpc) is 2.43. The summed E-state index contributed by atoms with van der Waals surface area (Å²) in [5, 5.41) is 6.74. The third-order valence-electron chi connectivity index (χ3n) is 2.28. The van der Waals surface area contributed by atoms with Crippen molar-refractivity contribution in [1.82, 2.24) is 0 Å². The van der Waals surface area contributed by atoms with Gasteiger partial charge in [0.15, 0.2) is 0 Å². The number of ether oxygens (including phenoxy) is 1. The molecule has 1 N–H and O–H groups in total. The molecule has 0 aliphatic rings. The topological polar surface area (TPSA) is 50.1 Å². The normalized spacial score (nSPS) is 14.0. The van der Waals surface area contributed by atoms with Crippen LogP contribution in [0.1, 0.15) is 12.0 Å². The minimum Gasteiger partial charge on any atom is -0.461 e. The molecule has 0 aliphatic heterocycles. The van der Waals surface area contributed by atoms with E-state index < -0.39 is 12.1 Å². The van der Waals surface area contributed by atoms with E-state index in [1.807, 2.05) is 30.3 Å². The number of benzene rings is 1. The number of esters is 1. The molecule has 0 bridgehead atoms. The lowest BCUT2D eigenvalue weighted by Gasteiger charge is -2.09. The van der Waals surface area contributed by atoms with E-state index in [0.717, 1.165) is 11.8 Å². The average molecular weight is 328 g/mol. The zero-order valence-corrected chi connectivity index (χ0v) is 11.8. The Kier molecular flexibility index (Phi) is 7.03. The van der Waals surface area contributed by atoms with Crippen molar-refractivity contribution < 1.29 is 13.9 Å². The first-order valence-electron chi connectivity index (χ1n) is 5.80. The Balaban J connectivity index is 2.32. The molecule has 0 spiro atoms. The molecule has 0 fully saturated rings. The smallest absolute Gasteiger partial charge is 0.330 e. The van der Waals surface area contributed by atoms with Gasteiger partial charge in [-0.3, -0.25) is 0 Å². The molecule has 0 radical (unpaired) electrons. The molecule has 5 heteroatoms. The fraction of sp³-hybridized carbons (Fsp3) is 0.286. The standard InChI is InChI=1S/C14H15BrFNO2/c15-12(8-13(16)9-17)10-19-14(18)7-6-11-4-2-1-3-5-11/h1-7,9,12-13,17H,8,10H2/b7-6+,17-9?/t12-,13+/m1/s1. The van der Waals surface area contributed by atoms with Crippen molar-refractivity contribution in [3.8, 4) is 0 Å². The fourth-order valence-electron chi connectivity index (χ4n) is 1.33. The summed E-state index contributed by atoms with van der Waals surface area (Å²) in [6, 6.07) is 9.38. The number of nitrogens with one attached hydrogen (secondary N) is 1. The maximum absolute atomic E-state index is 12.8. The fourth-order valence-corrected chi connectivity index (χ4v) is 1.82. The lowest BCUT2D eigenvalue weighted by Crippen LogP contribution is -2.17. The Morgan fingerprint density at radius 3 is 2.74 bits per heavy atom. The van der Waals surface area contributed by atoms with Gasteiger partial charge in [0.25, 0.3) is 0 Å². The Hall–Kier alpha value is -1.49. The molecule has 19 heavy (non-hydrogen) atoms. The van der Waals surface area contributed by atoms with Crippen LogP contribution in [0.5, 0.6) is 0 Å². The van der Waals surface area contributed by atoms with Gasteiger partial charge in [0.2, 0.25) is 0 Å². The van der Waals surface area contributed by atoms with Gasteiger partial charge in [0, 0.05) is 12.3 Å². The molecule has 102 valence electrons. The molecule has 0 unspecified atom stereocenters. The summed E-state index contributed by atoms with van der Waals surface area (Å²) in [5.74, 6) is -0.474. The molecule has 0 heterocycles. The van der Waals surface area contributed by atoms with Crippen LogP contribution in [0.4, 0.5) is 4.39 Å². The number of hydrogen-bond acceptors (Lipinski definition) is 3. The molecular formula is C14H15BrFNO2. The highest BCUT2D eigenvalue weighted by atomic mass is 79.9. The summed E-state index contributed by atoms with van der Waals surface area (Å²) < 4.78 is 17.8. The third-order valence-corrected chi connectivity index (χ3v) is 2.92. The van der Waals surface area contributed by atoms with E-state index in [4.69, 9.17) is 10.1 Å². The van der Waals surface area contributed by atoms with Crippen LogP contribution in [0.15, 0.2) is 36.4 Å². The molecule has 3 nitrogen and oxygen atoms in total. The number of alkyl halides is 2. The Morgan fingerprint density at radius 1 is 1.42 bits per heavy atom. The van der Waals surface area contributed by atoms with Crippen LogP contribution in [0.3, 0.4) is 0 Å². The molecule has 1 aromatic carbocycles. The van der Waals surface area contributed by atoms with E-state index >= 15 is 0 Å². The summed E-state index contributed by atoms with van der Waals surface area (Å²) in [6.07, 6.45) is 2.51. The monoisotopic (exact) mass is 327 g/mol. The predicted molar refractivity (Wildman–Crippen MR) is 77.4 cm³/mol. The number of hydrogen-bond donors (Lipinski definition) is 1. The van der Waals surface area contributed by atoms with Gasteiger partial charge in [-0.15, -0.1) is 0 Å². The van der Waals surface area contributed by atoms with E-state index in [0.29, 0.717) is 0 Å². The first-order valence-corrected chi connectivity index (χ1v) is 6.72. The maximum atomic E-state index is 12.8. The first kappa shape index (κ1) is 15.6. The van der Waals surface area contributed by atoms with Gasteiger partial charge in [-0.1, -0.05) is 46.3 Å². The van der Waals surface area contributed by atoms with Crippen molar-refractivity contribution in [2.24, 2.45) is 0 Å². The zero-order chi connectivity index (χ0) is 14.1. The van der Waals surface area contributed by atoms with Crippen molar-refractivity contribution in [2.75, 3.05) is 6.61 Å². The zero-order valence-electron chi connectivity index (χ0n) is 10.3. The quantitative estimate of drug-likeness (QED) is 0.361. The summed E-state index contributed by atoms with van der Waals surface area (Å²) >= 11 is 3.20. The number of carbonyl (C=O) groups excluding carboxylic acids is 1. The van der Waals surface area contributed by atoms with E-state index in [1.54, 1.807) is 6.08 Å². The molecule has 0 aliphatic carbocycles. The summed E-state index contributed by atoms with van der Waals surface area (Å²) in [4.78, 5) is 11.1. The van der Waals surface area contributed by atoms with Gasteiger partial charge in [0.1, 0.15) is 12.8 Å². The van der Waals surface area contributed by atoms with Crippen molar-refractivity contribution in [3.05, 3.63) is 42.0 Å². The second kappa shape index (κ2) is 8.58. The highest BCUT2D eigenvalue weighted by Gasteiger charge is 2.12. The SMILES string of the molecule is N=C[C@@H](F)C[C@@H](Br)COC(=O)/C=C/c1ccccc1. The molecule has 2 atom stereocenters. The van der Waals surface area contributed by atoms with Gasteiger partial charge in [-0.2, -0.15) is 0 Å². The van der Waals surface area contributed by atoms with Crippen LogP contribution >= 0.6 is 15.9 Å². The molecule has 0 amide bonds. The predicted octanol–water partition coefficient (Wildman–Crippen LogP) is 3.38. The molecule has 1 rings (SSSR count). The van der Waals surface area contributed by atoms with Crippen LogP contribution in [0.2, 0.25) is 0 Å². The number of halogens is 2. The molecular weight excluding hydrogens is 313 g/mol. The van der Waals surface area contributed by atoms with Gasteiger partial charge in [0.05, 0.1) is 4.83 Å². The summed E-state index contributed by atoms with van der Waals surface area (Å²) in [7, 11) is 0. The van der Waals surface area contributed by atoms with Crippen molar-refractivity contribution in [1.29, 1.82) is 5.41 Å². The second-order valence-corrected chi connectivity index (χ2v) is 5.18. The Bertz CT molecular complexity index is 436. The van der Waals surface area contributed by atoms with Crippen LogP contribution in [-0.2, 0) is 9.53 Å². The van der Waals surface area contributed by atoms with Crippen LogP contribution in [0, 0.1) is 5.41 Å². The Labute approximate surface area is 120 Å². The van der Waals surface area contributed by atoms with Crippen LogP contribution in [0.25, 0.3) is 6.08 Å². The van der Waals surface area contributed by atoms with E-state index in [1.165, 1.54) is 6.08 Å². The lowest BCUT2D eigenvalue weighted by atomic mass is 10.2. The third kappa shape index (κ3) is 6.86. The van der Waals surface area contributed by atoms with Crippen molar-refractivity contribution >= 4 is 34.2 Å². The second-order valence-electron chi connectivity index (χ2n) is 3.89. The minimum absolute atomic E-state index is 0.0756. The van der Waals surface area contributed by atoms with Gasteiger partial charge >= 0.3 is 5.97 Å². The number of carbonyl (C=O) groups is 1. The Morgan fingerprint density at radius 2 is 2.11 bits per heavy atom. The van der Waals surface area contributed by atoms with Gasteiger partial charge in [-0.25, -0.2) is 9.18 Å². The molecule has 0 aromatic heterocycles. The molecule has 1 aromatic rings. The molecule has 0 saturated heterocycles. The highest BCUT2D eigenvalue weighted by molar-refractivity contribution is 9.09. The first-order chi connectivity index (χ1) is 9.11. The van der Waals surface area contributed by atoms with E-state index in [2.05, 4.69) is 15.9 Å². The summed E-state index contributed by atoms with van der Waals surface area (Å²) in [5.41, 5.74) is 0.905. The minimum atomic E-state index is -1.32. The van der Waals surface area contributed by atoms with Crippen molar-refractivity contribution in [3.63, 3.8) is 0 Å². The molecule has 0 saturated carbocycles. The van der Waals surface area contributed by atoms with Crippen molar-refractivity contribution in [2.45, 2.75) is 17.4 Å². The van der Waals surface area contributed by atoms with Gasteiger partial charge in [-0.05, 0) is 18.1 Å². The van der Waals surface area contributed by atoms with Crippen LogP contribution in [-0.4, -0.2) is 29.8 Å². The number of rotatable bonds is 7. The van der Waals surface area contributed by atoms with E-state index in [-0.39, 0.29) is 17.9 Å².